The summed E-state index contributed by atoms with van der Waals surface area (Å²) in [5, 5.41) is 3.79. The maximum atomic E-state index is 13.4. The van der Waals surface area contributed by atoms with Crippen molar-refractivity contribution in [3.8, 4) is 10.6 Å². The lowest BCUT2D eigenvalue weighted by Crippen LogP contribution is -1.74. The number of halogens is 2. The molecular weight excluding hydrogens is 302 g/mol. The van der Waals surface area contributed by atoms with Crippen LogP contribution in [0, 0.1) is 11.6 Å². The fourth-order valence-electron chi connectivity index (χ4n) is 2.96. The van der Waals surface area contributed by atoms with Gasteiger partial charge >= 0.3 is 0 Å². The van der Waals surface area contributed by atoms with Crippen molar-refractivity contribution in [2.24, 2.45) is 0 Å². The molecule has 106 valence electrons. The molecule has 5 rings (SSSR count). The molecule has 2 aromatic carbocycles. The monoisotopic (exact) mass is 310 g/mol. The van der Waals surface area contributed by atoms with Gasteiger partial charge in [-0.05, 0) is 36.4 Å². The second-order valence-corrected chi connectivity index (χ2v) is 6.30. The van der Waals surface area contributed by atoms with Crippen molar-refractivity contribution < 1.29 is 8.78 Å². The first kappa shape index (κ1) is 12.1. The van der Waals surface area contributed by atoms with E-state index in [9.17, 15) is 8.78 Å². The summed E-state index contributed by atoms with van der Waals surface area (Å²) in [5.74, 6) is -0.547. The number of benzene rings is 2. The van der Waals surface area contributed by atoms with Crippen LogP contribution in [0.15, 0.2) is 42.5 Å². The first-order valence-electron chi connectivity index (χ1n) is 6.79. The van der Waals surface area contributed by atoms with Crippen LogP contribution in [0.25, 0.3) is 42.6 Å². The minimum Gasteiger partial charge on any atom is -0.346 e. The van der Waals surface area contributed by atoms with Gasteiger partial charge in [-0.15, -0.1) is 0 Å². The zero-order valence-electron chi connectivity index (χ0n) is 11.2. The SMILES string of the molecule is Fc1ccc2c3cc4c([nH]c5cc(F)ccc54)sc-3nc2c1. The molecule has 0 amide bonds. The third-order valence-electron chi connectivity index (χ3n) is 3.95. The highest BCUT2D eigenvalue weighted by Crippen LogP contribution is 2.40. The van der Waals surface area contributed by atoms with E-state index in [0.717, 1.165) is 37.1 Å². The number of H-pyrrole nitrogens is 1. The summed E-state index contributed by atoms with van der Waals surface area (Å²) in [6.07, 6.45) is 0. The van der Waals surface area contributed by atoms with Gasteiger partial charge in [-0.3, -0.25) is 0 Å². The maximum Gasteiger partial charge on any atom is 0.126 e. The van der Waals surface area contributed by atoms with Crippen LogP contribution in [0.1, 0.15) is 0 Å². The van der Waals surface area contributed by atoms with Crippen LogP contribution in [0.2, 0.25) is 0 Å². The summed E-state index contributed by atoms with van der Waals surface area (Å²) in [5.41, 5.74) is 2.43. The van der Waals surface area contributed by atoms with Crippen molar-refractivity contribution in [1.29, 1.82) is 0 Å². The molecule has 0 spiro atoms. The molecule has 2 aliphatic rings. The van der Waals surface area contributed by atoms with Crippen molar-refractivity contribution >= 4 is 43.4 Å². The minimum absolute atomic E-state index is 0.262. The van der Waals surface area contributed by atoms with Crippen molar-refractivity contribution in [3.63, 3.8) is 0 Å². The number of hydrogen-bond donors (Lipinski definition) is 1. The van der Waals surface area contributed by atoms with Gasteiger partial charge in [-0.25, -0.2) is 13.8 Å². The van der Waals surface area contributed by atoms with Gasteiger partial charge < -0.3 is 4.98 Å². The van der Waals surface area contributed by atoms with Crippen LogP contribution in [0.3, 0.4) is 0 Å². The fraction of sp³-hybridized carbons (Fsp3) is 0. The number of aromatic nitrogens is 2. The van der Waals surface area contributed by atoms with Gasteiger partial charge in [-0.2, -0.15) is 0 Å². The Morgan fingerprint density at radius 1 is 0.864 bits per heavy atom. The zero-order valence-corrected chi connectivity index (χ0v) is 12.0. The molecule has 0 saturated carbocycles. The summed E-state index contributed by atoms with van der Waals surface area (Å²) in [4.78, 5) is 8.67. The normalized spacial score (nSPS) is 12.1. The Bertz CT molecular complexity index is 1150. The highest BCUT2D eigenvalue weighted by molar-refractivity contribution is 7.21. The third-order valence-corrected chi connectivity index (χ3v) is 4.99. The van der Waals surface area contributed by atoms with E-state index >= 15 is 0 Å². The number of aromatic amines is 1. The Morgan fingerprint density at radius 2 is 1.64 bits per heavy atom. The summed E-state index contributed by atoms with van der Waals surface area (Å²) in [6, 6.07) is 11.4. The third kappa shape index (κ3) is 1.54. The second kappa shape index (κ2) is 4.01. The molecule has 1 aromatic heterocycles. The van der Waals surface area contributed by atoms with Crippen LogP contribution in [-0.2, 0) is 0 Å². The van der Waals surface area contributed by atoms with Crippen LogP contribution < -0.4 is 0 Å². The standard InChI is InChI=1S/C17H8F2N2S/c18-8-1-3-10-12-7-13-11-4-2-9(19)6-15(11)21-17(13)22-16(12)20-14(10)5-8/h1-7,20H. The number of hydrogen-bond acceptors (Lipinski definition) is 2. The molecule has 0 unspecified atom stereocenters. The average Bonchev–Trinajstić information content (AvgIpc) is 3.00. The highest BCUT2D eigenvalue weighted by Gasteiger charge is 2.16. The predicted octanol–water partition coefficient (Wildman–Crippen LogP) is 5.31. The molecule has 0 saturated heterocycles. The lowest BCUT2D eigenvalue weighted by Gasteiger charge is -1.98. The fourth-order valence-corrected chi connectivity index (χ4v) is 4.01. The molecular formula is C17H8F2N2S. The predicted molar refractivity (Wildman–Crippen MR) is 85.5 cm³/mol. The smallest absolute Gasteiger partial charge is 0.126 e. The maximum absolute atomic E-state index is 13.4. The molecule has 22 heavy (non-hydrogen) atoms. The summed E-state index contributed by atoms with van der Waals surface area (Å²) in [6.45, 7) is 0. The first-order valence-corrected chi connectivity index (χ1v) is 7.60. The lowest BCUT2D eigenvalue weighted by atomic mass is 10.1. The molecule has 0 atom stereocenters. The number of rotatable bonds is 0. The molecule has 0 bridgehead atoms. The van der Waals surface area contributed by atoms with E-state index in [0.29, 0.717) is 5.52 Å². The quantitative estimate of drug-likeness (QED) is 0.412. The number of fused-ring (bicyclic) bond motifs is 6. The first-order chi connectivity index (χ1) is 10.7. The van der Waals surface area contributed by atoms with Crippen molar-refractivity contribution in [1.82, 2.24) is 9.97 Å². The molecule has 2 aliphatic heterocycles. The van der Waals surface area contributed by atoms with Gasteiger partial charge in [0.05, 0.1) is 11.0 Å². The molecule has 5 heteroatoms. The zero-order chi connectivity index (χ0) is 14.8. The van der Waals surface area contributed by atoms with Gasteiger partial charge in [0.25, 0.3) is 0 Å². The lowest BCUT2D eigenvalue weighted by molar-refractivity contribution is 0.629. The Labute approximate surface area is 127 Å². The molecule has 0 fully saturated rings. The van der Waals surface area contributed by atoms with E-state index in [1.807, 2.05) is 6.07 Å². The Kier molecular flexibility index (Phi) is 2.20. The Hall–Kier alpha value is -2.53. The van der Waals surface area contributed by atoms with E-state index in [2.05, 4.69) is 9.97 Å². The molecule has 2 nitrogen and oxygen atoms in total. The Morgan fingerprint density at radius 3 is 2.50 bits per heavy atom. The van der Waals surface area contributed by atoms with Gasteiger partial charge in [-0.1, -0.05) is 11.3 Å². The highest BCUT2D eigenvalue weighted by atomic mass is 32.1. The van der Waals surface area contributed by atoms with Gasteiger partial charge in [0.1, 0.15) is 21.5 Å². The van der Waals surface area contributed by atoms with E-state index in [-0.39, 0.29) is 11.6 Å². The largest absolute Gasteiger partial charge is 0.346 e. The summed E-state index contributed by atoms with van der Waals surface area (Å²) < 4.78 is 26.7. The van der Waals surface area contributed by atoms with E-state index in [4.69, 9.17) is 0 Å². The van der Waals surface area contributed by atoms with Crippen LogP contribution in [0.4, 0.5) is 8.78 Å². The van der Waals surface area contributed by atoms with Gasteiger partial charge in [0.2, 0.25) is 0 Å². The topological polar surface area (TPSA) is 28.7 Å². The molecule has 0 aliphatic carbocycles. The van der Waals surface area contributed by atoms with Crippen LogP contribution in [0.5, 0.6) is 0 Å². The van der Waals surface area contributed by atoms with Crippen LogP contribution >= 0.6 is 11.3 Å². The van der Waals surface area contributed by atoms with Crippen molar-refractivity contribution in [2.75, 3.05) is 0 Å². The Balaban J connectivity index is 1.96. The molecule has 3 aromatic rings. The van der Waals surface area contributed by atoms with Crippen molar-refractivity contribution in [2.45, 2.75) is 0 Å². The molecule has 1 N–H and O–H groups in total. The van der Waals surface area contributed by atoms with Crippen LogP contribution in [-0.4, -0.2) is 9.97 Å². The van der Waals surface area contributed by atoms with E-state index in [1.165, 1.54) is 35.6 Å². The minimum atomic E-state index is -0.285. The number of nitrogens with one attached hydrogen (secondary N) is 1. The molecule has 0 radical (unpaired) electrons. The van der Waals surface area contributed by atoms with E-state index in [1.54, 1.807) is 12.1 Å². The van der Waals surface area contributed by atoms with Gasteiger partial charge in [0, 0.05) is 27.8 Å². The van der Waals surface area contributed by atoms with E-state index < -0.39 is 0 Å². The summed E-state index contributed by atoms with van der Waals surface area (Å²) >= 11 is 1.50. The summed E-state index contributed by atoms with van der Waals surface area (Å²) in [7, 11) is 0. The van der Waals surface area contributed by atoms with Crippen molar-refractivity contribution in [3.05, 3.63) is 54.1 Å². The average molecular weight is 310 g/mol. The van der Waals surface area contributed by atoms with Gasteiger partial charge in [0.15, 0.2) is 0 Å². The molecule has 3 heterocycles. The number of nitrogens with zero attached hydrogens (tertiary/aromatic N) is 1. The second-order valence-electron chi connectivity index (χ2n) is 5.30.